The lowest BCUT2D eigenvalue weighted by Gasteiger charge is -2.07. The Balaban J connectivity index is 1.73. The predicted molar refractivity (Wildman–Crippen MR) is 124 cm³/mol. The SMILES string of the molecule is COc1ccc(CNc2oc(-c3cccc(C)c3)nc2S(=O)(=O)c2ccc(Cl)cc2)cc1. The van der Waals surface area contributed by atoms with Crippen molar-refractivity contribution in [2.24, 2.45) is 0 Å². The van der Waals surface area contributed by atoms with Gasteiger partial charge in [-0.05, 0) is 61.0 Å². The van der Waals surface area contributed by atoms with Crippen LogP contribution in [-0.2, 0) is 16.4 Å². The number of nitrogens with zero attached hydrogens (tertiary/aromatic N) is 1. The Morgan fingerprint density at radius 3 is 2.41 bits per heavy atom. The Kier molecular flexibility index (Phi) is 6.21. The molecule has 4 aromatic rings. The van der Waals surface area contributed by atoms with Crippen LogP contribution in [0.2, 0.25) is 5.02 Å². The zero-order chi connectivity index (χ0) is 22.7. The van der Waals surface area contributed by atoms with Crippen LogP contribution in [0.5, 0.6) is 5.75 Å². The molecule has 8 heteroatoms. The average molecular weight is 469 g/mol. The van der Waals surface area contributed by atoms with Gasteiger partial charge in [0.15, 0.2) is 0 Å². The summed E-state index contributed by atoms with van der Waals surface area (Å²) in [7, 11) is -2.35. The Hall–Kier alpha value is -3.29. The number of rotatable bonds is 7. The average Bonchev–Trinajstić information content (AvgIpc) is 3.24. The van der Waals surface area contributed by atoms with E-state index in [1.807, 2.05) is 55.5 Å². The largest absolute Gasteiger partial charge is 0.497 e. The molecule has 32 heavy (non-hydrogen) atoms. The molecule has 0 saturated carbocycles. The quantitative estimate of drug-likeness (QED) is 0.371. The molecule has 0 amide bonds. The lowest BCUT2D eigenvalue weighted by Crippen LogP contribution is -2.07. The van der Waals surface area contributed by atoms with E-state index < -0.39 is 9.84 Å². The van der Waals surface area contributed by atoms with Crippen molar-refractivity contribution in [3.63, 3.8) is 0 Å². The fourth-order valence-corrected chi connectivity index (χ4v) is 4.56. The molecular weight excluding hydrogens is 448 g/mol. The van der Waals surface area contributed by atoms with E-state index in [1.165, 1.54) is 24.3 Å². The summed E-state index contributed by atoms with van der Waals surface area (Å²) in [6.07, 6.45) is 0. The summed E-state index contributed by atoms with van der Waals surface area (Å²) in [6, 6.07) is 20.9. The van der Waals surface area contributed by atoms with Crippen LogP contribution in [0, 0.1) is 6.92 Å². The normalized spacial score (nSPS) is 11.3. The zero-order valence-corrected chi connectivity index (χ0v) is 19.1. The van der Waals surface area contributed by atoms with Crippen LogP contribution in [0.1, 0.15) is 11.1 Å². The first-order valence-corrected chi connectivity index (χ1v) is 11.7. The number of ether oxygens (including phenoxy) is 1. The minimum atomic E-state index is -3.94. The second-order valence-corrected chi connectivity index (χ2v) is 9.48. The molecule has 164 valence electrons. The highest BCUT2D eigenvalue weighted by Gasteiger charge is 2.28. The van der Waals surface area contributed by atoms with Gasteiger partial charge in [0, 0.05) is 17.1 Å². The van der Waals surface area contributed by atoms with Gasteiger partial charge < -0.3 is 14.5 Å². The first kappa shape index (κ1) is 21.9. The third-order valence-corrected chi connectivity index (χ3v) is 6.78. The van der Waals surface area contributed by atoms with Crippen molar-refractivity contribution in [2.45, 2.75) is 23.4 Å². The van der Waals surface area contributed by atoms with Gasteiger partial charge in [0.25, 0.3) is 0 Å². The number of halogens is 1. The van der Waals surface area contributed by atoms with E-state index in [0.717, 1.165) is 16.9 Å². The number of aryl methyl sites for hydroxylation is 1. The van der Waals surface area contributed by atoms with E-state index in [4.69, 9.17) is 20.8 Å². The van der Waals surface area contributed by atoms with Gasteiger partial charge >= 0.3 is 0 Å². The summed E-state index contributed by atoms with van der Waals surface area (Å²) < 4.78 is 37.8. The van der Waals surface area contributed by atoms with Crippen molar-refractivity contribution in [3.8, 4) is 17.2 Å². The number of methoxy groups -OCH3 is 1. The molecule has 0 bridgehead atoms. The van der Waals surface area contributed by atoms with Gasteiger partial charge in [0.2, 0.25) is 26.6 Å². The van der Waals surface area contributed by atoms with Crippen molar-refractivity contribution in [2.75, 3.05) is 12.4 Å². The van der Waals surface area contributed by atoms with E-state index >= 15 is 0 Å². The van der Waals surface area contributed by atoms with Crippen LogP contribution in [0.4, 0.5) is 5.88 Å². The fraction of sp³-hybridized carbons (Fsp3) is 0.125. The Morgan fingerprint density at radius 2 is 1.75 bits per heavy atom. The van der Waals surface area contributed by atoms with Crippen molar-refractivity contribution in [1.82, 2.24) is 4.98 Å². The highest BCUT2D eigenvalue weighted by Crippen LogP contribution is 2.33. The minimum Gasteiger partial charge on any atom is -0.497 e. The second kappa shape index (κ2) is 9.06. The van der Waals surface area contributed by atoms with E-state index in [0.29, 0.717) is 17.1 Å². The summed E-state index contributed by atoms with van der Waals surface area (Å²) >= 11 is 5.93. The van der Waals surface area contributed by atoms with Crippen molar-refractivity contribution < 1.29 is 17.6 Å². The van der Waals surface area contributed by atoms with Crippen LogP contribution in [-0.4, -0.2) is 20.5 Å². The van der Waals surface area contributed by atoms with Gasteiger partial charge in [0.05, 0.1) is 12.0 Å². The third kappa shape index (κ3) is 4.64. The molecule has 1 heterocycles. The second-order valence-electron chi connectivity index (χ2n) is 7.18. The molecule has 0 radical (unpaired) electrons. The van der Waals surface area contributed by atoms with E-state index in [-0.39, 0.29) is 21.7 Å². The van der Waals surface area contributed by atoms with Gasteiger partial charge in [-0.1, -0.05) is 41.4 Å². The monoisotopic (exact) mass is 468 g/mol. The lowest BCUT2D eigenvalue weighted by atomic mass is 10.1. The number of oxazole rings is 1. The van der Waals surface area contributed by atoms with Gasteiger partial charge in [-0.3, -0.25) is 0 Å². The summed E-state index contributed by atoms with van der Waals surface area (Å²) in [6.45, 7) is 2.29. The van der Waals surface area contributed by atoms with Crippen molar-refractivity contribution in [1.29, 1.82) is 0 Å². The van der Waals surface area contributed by atoms with Crippen LogP contribution in [0.3, 0.4) is 0 Å². The smallest absolute Gasteiger partial charge is 0.234 e. The van der Waals surface area contributed by atoms with Crippen molar-refractivity contribution in [3.05, 3.63) is 88.9 Å². The maximum Gasteiger partial charge on any atom is 0.234 e. The Bertz CT molecular complexity index is 1330. The number of nitrogens with one attached hydrogen (secondary N) is 1. The molecule has 0 aliphatic rings. The molecule has 0 atom stereocenters. The van der Waals surface area contributed by atoms with Crippen LogP contribution in [0.25, 0.3) is 11.5 Å². The highest BCUT2D eigenvalue weighted by atomic mass is 35.5. The summed E-state index contributed by atoms with van der Waals surface area (Å²) in [4.78, 5) is 4.44. The summed E-state index contributed by atoms with van der Waals surface area (Å²) in [5, 5.41) is 3.35. The van der Waals surface area contributed by atoms with Gasteiger partial charge in [-0.2, -0.15) is 4.98 Å². The standard InChI is InChI=1S/C24H21ClN2O4S/c1-16-4-3-5-18(14-16)22-27-24(32(28,29)21-12-8-19(25)9-13-21)23(31-22)26-15-17-6-10-20(30-2)11-7-17/h3-14,26H,15H2,1-2H3. The third-order valence-electron chi connectivity index (χ3n) is 4.85. The molecule has 0 aliphatic carbocycles. The number of hydrogen-bond acceptors (Lipinski definition) is 6. The Morgan fingerprint density at radius 1 is 1.03 bits per heavy atom. The van der Waals surface area contributed by atoms with Crippen LogP contribution < -0.4 is 10.1 Å². The molecule has 4 rings (SSSR count). The first-order valence-electron chi connectivity index (χ1n) is 9.82. The summed E-state index contributed by atoms with van der Waals surface area (Å²) in [5.41, 5.74) is 2.62. The number of benzene rings is 3. The molecule has 6 nitrogen and oxygen atoms in total. The molecule has 0 aliphatic heterocycles. The summed E-state index contributed by atoms with van der Waals surface area (Å²) in [5.74, 6) is 1.03. The molecule has 0 spiro atoms. The van der Waals surface area contributed by atoms with Crippen LogP contribution >= 0.6 is 11.6 Å². The number of hydrogen-bond donors (Lipinski definition) is 1. The van der Waals surface area contributed by atoms with Gasteiger partial charge in [-0.15, -0.1) is 0 Å². The highest BCUT2D eigenvalue weighted by molar-refractivity contribution is 7.91. The van der Waals surface area contributed by atoms with Crippen molar-refractivity contribution >= 4 is 27.3 Å². The van der Waals surface area contributed by atoms with E-state index in [9.17, 15) is 8.42 Å². The molecular formula is C24H21ClN2O4S. The topological polar surface area (TPSA) is 81.4 Å². The first-order chi connectivity index (χ1) is 15.4. The molecule has 0 saturated heterocycles. The lowest BCUT2D eigenvalue weighted by molar-refractivity contribution is 0.414. The molecule has 0 fully saturated rings. The predicted octanol–water partition coefficient (Wildman–Crippen LogP) is 5.76. The fourth-order valence-electron chi connectivity index (χ4n) is 3.15. The van der Waals surface area contributed by atoms with Gasteiger partial charge in [-0.25, -0.2) is 8.42 Å². The Labute approximate surface area is 191 Å². The van der Waals surface area contributed by atoms with Gasteiger partial charge in [0.1, 0.15) is 5.75 Å². The molecule has 3 aromatic carbocycles. The zero-order valence-electron chi connectivity index (χ0n) is 17.5. The minimum absolute atomic E-state index is 0.0762. The van der Waals surface area contributed by atoms with E-state index in [2.05, 4.69) is 10.3 Å². The van der Waals surface area contributed by atoms with Crippen LogP contribution in [0.15, 0.2) is 87.1 Å². The maximum atomic E-state index is 13.4. The number of aromatic nitrogens is 1. The number of anilines is 1. The molecule has 1 aromatic heterocycles. The molecule has 1 N–H and O–H groups in total. The van der Waals surface area contributed by atoms with E-state index in [1.54, 1.807) is 7.11 Å². The maximum absolute atomic E-state index is 13.4. The number of sulfone groups is 1. The molecule has 0 unspecified atom stereocenters.